The molecule has 0 radical (unpaired) electrons. The summed E-state index contributed by atoms with van der Waals surface area (Å²) < 4.78 is 0. The van der Waals surface area contributed by atoms with E-state index in [-0.39, 0.29) is 24.0 Å². The summed E-state index contributed by atoms with van der Waals surface area (Å²) in [5, 5.41) is 0. The Bertz CT molecular complexity index is 518. The Kier molecular flexibility index (Phi) is 6.71. The van der Waals surface area contributed by atoms with Gasteiger partial charge in [-0.25, -0.2) is 0 Å². The molecule has 1 saturated carbocycles. The molecule has 2 fully saturated rings. The highest BCUT2D eigenvalue weighted by Gasteiger charge is 2.28. The molecule has 3 rings (SSSR count). The van der Waals surface area contributed by atoms with Crippen LogP contribution in [0.1, 0.15) is 42.9 Å². The van der Waals surface area contributed by atoms with Crippen LogP contribution in [0.25, 0.3) is 0 Å². The van der Waals surface area contributed by atoms with Gasteiger partial charge in [0.15, 0.2) is 5.96 Å². The summed E-state index contributed by atoms with van der Waals surface area (Å²) in [5.41, 5.74) is 8.83. The Morgan fingerprint density at radius 2 is 1.87 bits per heavy atom. The number of nitrogens with zero attached hydrogens (tertiary/aromatic N) is 3. The SMILES string of the molecule is Cc1ccc(C(CN=C(N)N(C)C2CC2)N2CCCC2)cc1.I. The quantitative estimate of drug-likeness (QED) is 0.445. The maximum absolute atomic E-state index is 6.16. The van der Waals surface area contributed by atoms with Crippen molar-refractivity contribution in [3.05, 3.63) is 35.4 Å². The molecule has 128 valence electrons. The highest BCUT2D eigenvalue weighted by Crippen LogP contribution is 2.27. The minimum atomic E-state index is 0. The van der Waals surface area contributed by atoms with E-state index in [1.165, 1.54) is 49.9 Å². The Labute approximate surface area is 157 Å². The van der Waals surface area contributed by atoms with E-state index in [0.29, 0.717) is 18.0 Å². The van der Waals surface area contributed by atoms with E-state index in [9.17, 15) is 0 Å². The highest BCUT2D eigenvalue weighted by molar-refractivity contribution is 14.0. The molecule has 5 heteroatoms. The summed E-state index contributed by atoms with van der Waals surface area (Å²) in [7, 11) is 2.06. The third kappa shape index (κ3) is 4.83. The monoisotopic (exact) mass is 428 g/mol. The van der Waals surface area contributed by atoms with E-state index in [1.54, 1.807) is 0 Å². The number of halogens is 1. The first-order valence-corrected chi connectivity index (χ1v) is 8.48. The lowest BCUT2D eigenvalue weighted by Crippen LogP contribution is -2.37. The molecule has 1 aliphatic carbocycles. The predicted molar refractivity (Wildman–Crippen MR) is 107 cm³/mol. The van der Waals surface area contributed by atoms with E-state index in [4.69, 9.17) is 10.7 Å². The fourth-order valence-electron chi connectivity index (χ4n) is 3.21. The zero-order chi connectivity index (χ0) is 15.5. The van der Waals surface area contributed by atoms with Crippen molar-refractivity contribution in [1.82, 2.24) is 9.80 Å². The van der Waals surface area contributed by atoms with Crippen LogP contribution in [0.15, 0.2) is 29.3 Å². The van der Waals surface area contributed by atoms with Gasteiger partial charge in [-0.05, 0) is 51.3 Å². The van der Waals surface area contributed by atoms with Crippen LogP contribution in [0.5, 0.6) is 0 Å². The number of rotatable bonds is 5. The van der Waals surface area contributed by atoms with Crippen LogP contribution in [0.2, 0.25) is 0 Å². The van der Waals surface area contributed by atoms with Gasteiger partial charge in [0.2, 0.25) is 0 Å². The number of likely N-dealkylation sites (tertiary alicyclic amines) is 1. The molecule has 0 bridgehead atoms. The van der Waals surface area contributed by atoms with Crippen LogP contribution < -0.4 is 5.73 Å². The molecule has 0 spiro atoms. The second-order valence-electron chi connectivity index (χ2n) is 6.71. The highest BCUT2D eigenvalue weighted by atomic mass is 127. The maximum atomic E-state index is 6.16. The second-order valence-corrected chi connectivity index (χ2v) is 6.71. The van der Waals surface area contributed by atoms with E-state index in [0.717, 1.165) is 6.54 Å². The smallest absolute Gasteiger partial charge is 0.191 e. The third-order valence-corrected chi connectivity index (χ3v) is 4.93. The summed E-state index contributed by atoms with van der Waals surface area (Å²) in [4.78, 5) is 9.40. The Hall–Kier alpha value is -0.820. The normalized spacial score (nSPS) is 20.2. The van der Waals surface area contributed by atoms with E-state index in [1.807, 2.05) is 0 Å². The lowest BCUT2D eigenvalue weighted by atomic mass is 10.0. The van der Waals surface area contributed by atoms with E-state index >= 15 is 0 Å². The molecule has 0 aromatic heterocycles. The van der Waals surface area contributed by atoms with Gasteiger partial charge in [-0.2, -0.15) is 0 Å². The predicted octanol–water partition coefficient (Wildman–Crippen LogP) is 3.16. The topological polar surface area (TPSA) is 44.9 Å². The molecule has 4 nitrogen and oxygen atoms in total. The van der Waals surface area contributed by atoms with Crippen LogP contribution in [-0.2, 0) is 0 Å². The average molecular weight is 428 g/mol. The van der Waals surface area contributed by atoms with Crippen molar-refractivity contribution in [2.45, 2.75) is 44.7 Å². The number of aliphatic imine (C=N–C) groups is 1. The van der Waals surface area contributed by atoms with Crippen molar-refractivity contribution in [3.63, 3.8) is 0 Å². The van der Waals surface area contributed by atoms with Gasteiger partial charge in [-0.15, -0.1) is 24.0 Å². The number of benzene rings is 1. The molecule has 23 heavy (non-hydrogen) atoms. The van der Waals surface area contributed by atoms with Gasteiger partial charge in [-0.1, -0.05) is 29.8 Å². The first kappa shape index (κ1) is 18.5. The molecule has 1 aliphatic heterocycles. The molecule has 1 heterocycles. The van der Waals surface area contributed by atoms with Crippen molar-refractivity contribution in [2.75, 3.05) is 26.7 Å². The van der Waals surface area contributed by atoms with Gasteiger partial charge < -0.3 is 10.6 Å². The number of hydrogen-bond acceptors (Lipinski definition) is 2. The number of hydrogen-bond donors (Lipinski definition) is 1. The molecule has 2 N–H and O–H groups in total. The summed E-state index contributed by atoms with van der Waals surface area (Å²) in [6.45, 7) is 5.24. The summed E-state index contributed by atoms with van der Waals surface area (Å²) >= 11 is 0. The maximum Gasteiger partial charge on any atom is 0.191 e. The number of guanidine groups is 1. The van der Waals surface area contributed by atoms with Crippen LogP contribution >= 0.6 is 24.0 Å². The van der Waals surface area contributed by atoms with Crippen LogP contribution in [-0.4, -0.2) is 48.5 Å². The first-order valence-electron chi connectivity index (χ1n) is 8.48. The average Bonchev–Trinajstić information content (AvgIpc) is 3.24. The number of nitrogens with two attached hydrogens (primary N) is 1. The molecule has 1 saturated heterocycles. The van der Waals surface area contributed by atoms with Crippen LogP contribution in [0, 0.1) is 6.92 Å². The van der Waals surface area contributed by atoms with E-state index in [2.05, 4.69) is 48.0 Å². The van der Waals surface area contributed by atoms with Crippen molar-refractivity contribution in [3.8, 4) is 0 Å². The van der Waals surface area contributed by atoms with Gasteiger partial charge in [-0.3, -0.25) is 9.89 Å². The van der Waals surface area contributed by atoms with Gasteiger partial charge in [0, 0.05) is 13.1 Å². The lowest BCUT2D eigenvalue weighted by Gasteiger charge is -2.27. The summed E-state index contributed by atoms with van der Waals surface area (Å²) in [6, 6.07) is 9.86. The molecule has 2 aliphatic rings. The zero-order valence-corrected chi connectivity index (χ0v) is 16.6. The first-order chi connectivity index (χ1) is 10.6. The minimum Gasteiger partial charge on any atom is -0.370 e. The van der Waals surface area contributed by atoms with Crippen LogP contribution in [0.4, 0.5) is 0 Å². The molecule has 1 atom stereocenters. The molecular formula is C18H29IN4. The summed E-state index contributed by atoms with van der Waals surface area (Å²) in [6.07, 6.45) is 5.09. The van der Waals surface area contributed by atoms with E-state index < -0.39 is 0 Å². The van der Waals surface area contributed by atoms with Gasteiger partial charge >= 0.3 is 0 Å². The minimum absolute atomic E-state index is 0. The molecule has 1 unspecified atom stereocenters. The van der Waals surface area contributed by atoms with Crippen molar-refractivity contribution in [2.24, 2.45) is 10.7 Å². The molecule has 1 aromatic carbocycles. The van der Waals surface area contributed by atoms with Gasteiger partial charge in [0.25, 0.3) is 0 Å². The Balaban J connectivity index is 0.00000192. The molecule has 1 aromatic rings. The standard InChI is InChI=1S/C18H28N4.HI/c1-14-5-7-15(8-6-14)17(22-11-3-4-12-22)13-20-18(19)21(2)16-9-10-16;/h5-8,16-17H,3-4,9-13H2,1-2H3,(H2,19,20);1H. The fraction of sp³-hybridized carbons (Fsp3) is 0.611. The molecular weight excluding hydrogens is 399 g/mol. The second kappa shape index (κ2) is 8.33. The summed E-state index contributed by atoms with van der Waals surface area (Å²) in [5.74, 6) is 0.693. The van der Waals surface area contributed by atoms with Crippen molar-refractivity contribution in [1.29, 1.82) is 0 Å². The molecule has 0 amide bonds. The Morgan fingerprint density at radius 3 is 2.43 bits per heavy atom. The van der Waals surface area contributed by atoms with Crippen LogP contribution in [0.3, 0.4) is 0 Å². The van der Waals surface area contributed by atoms with Crippen molar-refractivity contribution < 1.29 is 0 Å². The Morgan fingerprint density at radius 1 is 1.26 bits per heavy atom. The van der Waals surface area contributed by atoms with Crippen molar-refractivity contribution >= 4 is 29.9 Å². The zero-order valence-electron chi connectivity index (χ0n) is 14.2. The largest absolute Gasteiger partial charge is 0.370 e. The third-order valence-electron chi connectivity index (χ3n) is 4.93. The number of aryl methyl sites for hydroxylation is 1. The van der Waals surface area contributed by atoms with Gasteiger partial charge in [0.05, 0.1) is 12.6 Å². The lowest BCUT2D eigenvalue weighted by molar-refractivity contribution is 0.251. The fourth-order valence-corrected chi connectivity index (χ4v) is 3.21. The van der Waals surface area contributed by atoms with Gasteiger partial charge in [0.1, 0.15) is 0 Å².